The van der Waals surface area contributed by atoms with Crippen molar-refractivity contribution < 1.29 is 34.3 Å². The number of methoxy groups -OCH3 is 1. The third kappa shape index (κ3) is 13.2. The maximum absolute atomic E-state index is 10.5. The molecule has 1 aliphatic heterocycles. The van der Waals surface area contributed by atoms with Gasteiger partial charge in [-0.05, 0) is 38.0 Å². The van der Waals surface area contributed by atoms with E-state index < -0.39 is 18.2 Å². The zero-order chi connectivity index (χ0) is 24.6. The van der Waals surface area contributed by atoms with E-state index in [0.717, 1.165) is 24.8 Å². The van der Waals surface area contributed by atoms with Gasteiger partial charge in [-0.15, -0.1) is 6.58 Å². The van der Waals surface area contributed by atoms with Crippen molar-refractivity contribution in [3.05, 3.63) is 49.1 Å². The first kappa shape index (κ1) is 28.8. The number of aliphatic hydroxyl groups excluding tert-OH is 2. The first-order chi connectivity index (χ1) is 15.7. The average molecular weight is 463 g/mol. The highest BCUT2D eigenvalue weighted by Crippen LogP contribution is 2.25. The van der Waals surface area contributed by atoms with Crippen molar-refractivity contribution in [2.24, 2.45) is 5.92 Å². The van der Waals surface area contributed by atoms with Gasteiger partial charge in [0, 0.05) is 19.5 Å². The number of hydrogen-bond donors (Lipinski definition) is 3. The van der Waals surface area contributed by atoms with Gasteiger partial charge in [-0.25, -0.2) is 4.79 Å². The lowest BCUT2D eigenvalue weighted by Gasteiger charge is -2.27. The minimum Gasteiger partial charge on any atom is -0.472 e. The van der Waals surface area contributed by atoms with Gasteiger partial charge >= 0.3 is 5.97 Å². The Morgan fingerprint density at radius 2 is 2.12 bits per heavy atom. The number of aliphatic carboxylic acids is 1. The fourth-order valence-corrected chi connectivity index (χ4v) is 3.62. The molecule has 184 valence electrons. The van der Waals surface area contributed by atoms with Crippen molar-refractivity contribution in [1.82, 2.24) is 0 Å². The second-order valence-corrected chi connectivity index (χ2v) is 8.34. The van der Waals surface area contributed by atoms with Gasteiger partial charge in [0.2, 0.25) is 0 Å². The fourth-order valence-electron chi connectivity index (χ4n) is 3.62. The fraction of sp³-hybridized carbons (Fsp3) is 0.577. The van der Waals surface area contributed by atoms with Crippen molar-refractivity contribution in [1.29, 1.82) is 0 Å². The second kappa shape index (κ2) is 16.4. The molecule has 7 heteroatoms. The molecule has 1 aliphatic rings. The Labute approximate surface area is 197 Å². The zero-order valence-corrected chi connectivity index (χ0v) is 19.7. The van der Waals surface area contributed by atoms with E-state index in [2.05, 4.69) is 38.0 Å². The van der Waals surface area contributed by atoms with E-state index in [-0.39, 0.29) is 31.5 Å². The van der Waals surface area contributed by atoms with Crippen LogP contribution in [0.5, 0.6) is 0 Å². The molecule has 0 saturated heterocycles. The number of hydrogen-bond acceptors (Lipinski definition) is 6. The Hall–Kier alpha value is -2.21. The maximum Gasteiger partial charge on any atom is 0.381 e. The topological polar surface area (TPSA) is 105 Å². The van der Waals surface area contributed by atoms with Crippen LogP contribution in [0.3, 0.4) is 0 Å². The lowest BCUT2D eigenvalue weighted by atomic mass is 9.91. The highest BCUT2D eigenvalue weighted by Gasteiger charge is 2.21. The summed E-state index contributed by atoms with van der Waals surface area (Å²) in [7, 11) is 1.56. The van der Waals surface area contributed by atoms with Crippen LogP contribution in [0.15, 0.2) is 49.1 Å². The summed E-state index contributed by atoms with van der Waals surface area (Å²) in [6.07, 6.45) is 10.5. The number of carboxylic acids is 1. The summed E-state index contributed by atoms with van der Waals surface area (Å²) < 4.78 is 16.8. The third-order valence-electron chi connectivity index (χ3n) is 5.17. The molecule has 0 radical (unpaired) electrons. The van der Waals surface area contributed by atoms with Crippen LogP contribution in [0.2, 0.25) is 0 Å². The van der Waals surface area contributed by atoms with Crippen LogP contribution < -0.4 is 0 Å². The van der Waals surface area contributed by atoms with Gasteiger partial charge in [0.1, 0.15) is 6.79 Å². The molecule has 3 N–H and O–H groups in total. The summed E-state index contributed by atoms with van der Waals surface area (Å²) in [6, 6.07) is 0. The number of carbonyl (C=O) groups is 1. The first-order valence-corrected chi connectivity index (χ1v) is 11.2. The molecule has 0 amide bonds. The molecule has 0 spiro atoms. The molecule has 33 heavy (non-hydrogen) atoms. The minimum absolute atomic E-state index is 0.0626. The van der Waals surface area contributed by atoms with E-state index in [0.29, 0.717) is 18.8 Å². The van der Waals surface area contributed by atoms with Crippen LogP contribution in [0.1, 0.15) is 45.4 Å². The maximum atomic E-state index is 10.5. The van der Waals surface area contributed by atoms with E-state index in [4.69, 9.17) is 19.3 Å². The van der Waals surface area contributed by atoms with Gasteiger partial charge < -0.3 is 29.5 Å². The summed E-state index contributed by atoms with van der Waals surface area (Å²) >= 11 is 0. The lowest BCUT2D eigenvalue weighted by Crippen LogP contribution is -2.25. The van der Waals surface area contributed by atoms with Gasteiger partial charge in [-0.1, -0.05) is 55.4 Å². The average Bonchev–Trinajstić information content (AvgIpc) is 2.76. The smallest absolute Gasteiger partial charge is 0.381 e. The molecule has 1 rings (SSSR count). The lowest BCUT2D eigenvalue weighted by molar-refractivity contribution is -0.130. The Balaban J connectivity index is 2.50. The van der Waals surface area contributed by atoms with Crippen molar-refractivity contribution in [3.8, 4) is 11.8 Å². The highest BCUT2D eigenvalue weighted by atomic mass is 16.7. The van der Waals surface area contributed by atoms with Gasteiger partial charge in [0.25, 0.3) is 0 Å². The molecule has 0 unspecified atom stereocenters. The van der Waals surface area contributed by atoms with Gasteiger partial charge in [0.05, 0.1) is 30.5 Å². The molecule has 0 aromatic heterocycles. The molecule has 0 saturated carbocycles. The van der Waals surface area contributed by atoms with Crippen LogP contribution in [0.25, 0.3) is 0 Å². The van der Waals surface area contributed by atoms with Crippen LogP contribution in [-0.2, 0) is 19.0 Å². The molecular weight excluding hydrogens is 424 g/mol. The van der Waals surface area contributed by atoms with Crippen LogP contribution in [-0.4, -0.2) is 65.7 Å². The van der Waals surface area contributed by atoms with Gasteiger partial charge in [0.15, 0.2) is 0 Å². The quantitative estimate of drug-likeness (QED) is 0.195. The Bertz CT molecular complexity index is 731. The summed E-state index contributed by atoms with van der Waals surface area (Å²) in [5, 5.41) is 28.1. The second-order valence-electron chi connectivity index (χ2n) is 8.34. The number of aliphatic hydroxyl groups is 2. The molecule has 0 aliphatic carbocycles. The molecule has 6 atom stereocenters. The number of carboxylic acid groups (broad SMARTS) is 1. The summed E-state index contributed by atoms with van der Waals surface area (Å²) in [5.41, 5.74) is 1.04. The van der Waals surface area contributed by atoms with Crippen molar-refractivity contribution >= 4 is 5.97 Å². The number of ether oxygens (including phenoxy) is 3. The van der Waals surface area contributed by atoms with E-state index in [1.165, 1.54) is 6.08 Å². The normalized spacial score (nSPS) is 21.6. The summed E-state index contributed by atoms with van der Waals surface area (Å²) in [6.45, 7) is 9.97. The van der Waals surface area contributed by atoms with Crippen LogP contribution in [0, 0.1) is 17.8 Å². The largest absolute Gasteiger partial charge is 0.472 e. The predicted molar refractivity (Wildman–Crippen MR) is 127 cm³/mol. The van der Waals surface area contributed by atoms with Crippen LogP contribution in [0.4, 0.5) is 0 Å². The summed E-state index contributed by atoms with van der Waals surface area (Å²) in [5.74, 6) is 3.96. The van der Waals surface area contributed by atoms with Crippen molar-refractivity contribution in [2.75, 3.05) is 13.9 Å². The third-order valence-corrected chi connectivity index (χ3v) is 5.17. The monoisotopic (exact) mass is 462 g/mol. The van der Waals surface area contributed by atoms with E-state index in [1.54, 1.807) is 13.2 Å². The first-order valence-electron chi connectivity index (χ1n) is 11.2. The van der Waals surface area contributed by atoms with Gasteiger partial charge in [-0.2, -0.15) is 0 Å². The van der Waals surface area contributed by atoms with E-state index in [1.807, 2.05) is 12.2 Å². The molecule has 0 aromatic rings. The molecular formula is C26H38O7. The van der Waals surface area contributed by atoms with E-state index >= 15 is 0 Å². The van der Waals surface area contributed by atoms with E-state index in [9.17, 15) is 15.0 Å². The standard InChI is InChI=1S/C26H38O7/c1-5-24(27)25(28)13-7-11-22(32-18-31-4)16-19(2)15-20(3)17-23-12-6-9-21(33-23)10-8-14-26(29)30/h5-7,9,11,20-25,27-28H,1-2,10,12-13,15-18H2,3-4H3,(H,29,30)/t20-,21-,22+,23-,24-,25-/m0/s1. The van der Waals surface area contributed by atoms with Crippen molar-refractivity contribution in [2.45, 2.75) is 76.0 Å². The van der Waals surface area contributed by atoms with Gasteiger partial charge in [-0.3, -0.25) is 0 Å². The molecule has 1 heterocycles. The molecule has 7 nitrogen and oxygen atoms in total. The summed E-state index contributed by atoms with van der Waals surface area (Å²) in [4.78, 5) is 10.5. The molecule has 0 aromatic carbocycles. The minimum atomic E-state index is -1.13. The zero-order valence-electron chi connectivity index (χ0n) is 19.7. The Morgan fingerprint density at radius 3 is 2.79 bits per heavy atom. The predicted octanol–water partition coefficient (Wildman–Crippen LogP) is 3.38. The highest BCUT2D eigenvalue weighted by molar-refractivity contribution is 5.86. The molecule has 0 fully saturated rings. The number of rotatable bonds is 15. The SMILES string of the molecule is C=C[C@H](O)[C@@H](O)CC=C[C@H](CC(=C)C[C@H](C)C[C@@H]1CC=C[C@@H](CC#CC(=O)O)O1)OCOC. The van der Waals surface area contributed by atoms with Crippen molar-refractivity contribution in [3.63, 3.8) is 0 Å². The van der Waals surface area contributed by atoms with Crippen LogP contribution >= 0.6 is 0 Å². The Kier molecular flexibility index (Phi) is 14.3. The Morgan fingerprint density at radius 1 is 1.36 bits per heavy atom. The molecule has 0 bridgehead atoms.